The van der Waals surface area contributed by atoms with Gasteiger partial charge in [-0.3, -0.25) is 10.1 Å². The molecule has 0 saturated heterocycles. The summed E-state index contributed by atoms with van der Waals surface area (Å²) in [6.07, 6.45) is -2.15. The van der Waals surface area contributed by atoms with E-state index in [0.29, 0.717) is 25.2 Å². The quantitative estimate of drug-likeness (QED) is 0.616. The summed E-state index contributed by atoms with van der Waals surface area (Å²) < 4.78 is 46.4. The van der Waals surface area contributed by atoms with Crippen molar-refractivity contribution in [1.82, 2.24) is 0 Å². The molecule has 120 valence electrons. The zero-order valence-corrected chi connectivity index (χ0v) is 11.6. The molecule has 0 unspecified atom stereocenters. The molecule has 0 atom stereocenters. The number of nitro groups is 1. The smallest absolute Gasteiger partial charge is 0.377 e. The number of nitro benzene ring substituents is 1. The van der Waals surface area contributed by atoms with Crippen LogP contribution in [0.5, 0.6) is 0 Å². The minimum Gasteiger partial charge on any atom is -0.377 e. The first kappa shape index (κ1) is 16.4. The Hall–Kier alpha value is -1.93. The number of ether oxygens (including phenoxy) is 2. The number of alkyl halides is 3. The second-order valence-corrected chi connectivity index (χ2v) is 4.72. The zero-order valence-electron chi connectivity index (χ0n) is 11.6. The molecule has 0 radical (unpaired) electrons. The normalized spacial score (nSPS) is 15.5. The molecular formula is C14H14F3NO4. The molecular weight excluding hydrogens is 303 g/mol. The van der Waals surface area contributed by atoms with Gasteiger partial charge in [-0.15, -0.1) is 0 Å². The molecule has 1 aliphatic heterocycles. The third-order valence-corrected chi connectivity index (χ3v) is 3.17. The van der Waals surface area contributed by atoms with Crippen molar-refractivity contribution in [1.29, 1.82) is 0 Å². The molecule has 5 nitrogen and oxygen atoms in total. The summed E-state index contributed by atoms with van der Waals surface area (Å²) in [6.45, 7) is -1.07. The van der Waals surface area contributed by atoms with E-state index in [1.165, 1.54) is 12.1 Å². The Balaban J connectivity index is 2.30. The molecule has 0 fully saturated rings. The van der Waals surface area contributed by atoms with E-state index in [-0.39, 0.29) is 11.3 Å². The van der Waals surface area contributed by atoms with Gasteiger partial charge >= 0.3 is 6.18 Å². The largest absolute Gasteiger partial charge is 0.411 e. The Kier molecular flexibility index (Phi) is 5.15. The maximum Gasteiger partial charge on any atom is 0.411 e. The third kappa shape index (κ3) is 4.28. The SMILES string of the molecule is O=[N+]([O-])c1cccc(C2=CCOCC2)c1COCC(F)(F)F. The number of halogens is 3. The second kappa shape index (κ2) is 6.89. The van der Waals surface area contributed by atoms with Gasteiger partial charge in [-0.25, -0.2) is 0 Å². The first-order valence-corrected chi connectivity index (χ1v) is 6.56. The van der Waals surface area contributed by atoms with Gasteiger partial charge in [0.15, 0.2) is 0 Å². The fraction of sp³-hybridized carbons (Fsp3) is 0.429. The highest BCUT2D eigenvalue weighted by molar-refractivity contribution is 5.71. The average Bonchev–Trinajstić information content (AvgIpc) is 2.46. The van der Waals surface area contributed by atoms with Gasteiger partial charge < -0.3 is 9.47 Å². The van der Waals surface area contributed by atoms with Crippen molar-refractivity contribution in [3.63, 3.8) is 0 Å². The molecule has 0 N–H and O–H groups in total. The first-order chi connectivity index (χ1) is 10.4. The van der Waals surface area contributed by atoms with Crippen molar-refractivity contribution in [3.05, 3.63) is 45.5 Å². The summed E-state index contributed by atoms with van der Waals surface area (Å²) in [7, 11) is 0. The van der Waals surface area contributed by atoms with Gasteiger partial charge in [-0.2, -0.15) is 13.2 Å². The van der Waals surface area contributed by atoms with E-state index in [2.05, 4.69) is 4.74 Å². The molecule has 1 aliphatic rings. The highest BCUT2D eigenvalue weighted by Crippen LogP contribution is 2.31. The number of hydrogen-bond donors (Lipinski definition) is 0. The lowest BCUT2D eigenvalue weighted by Gasteiger charge is -2.17. The summed E-state index contributed by atoms with van der Waals surface area (Å²) >= 11 is 0. The van der Waals surface area contributed by atoms with Crippen molar-refractivity contribution >= 4 is 11.3 Å². The van der Waals surface area contributed by atoms with Crippen LogP contribution < -0.4 is 0 Å². The van der Waals surface area contributed by atoms with Crippen molar-refractivity contribution in [3.8, 4) is 0 Å². The van der Waals surface area contributed by atoms with Crippen molar-refractivity contribution < 1.29 is 27.6 Å². The highest BCUT2D eigenvalue weighted by atomic mass is 19.4. The van der Waals surface area contributed by atoms with Crippen molar-refractivity contribution in [2.45, 2.75) is 19.2 Å². The Morgan fingerprint density at radius 1 is 1.36 bits per heavy atom. The molecule has 0 saturated carbocycles. The Morgan fingerprint density at radius 2 is 2.14 bits per heavy atom. The van der Waals surface area contributed by atoms with E-state index in [4.69, 9.17) is 4.74 Å². The predicted octanol–water partition coefficient (Wildman–Crippen LogP) is 3.48. The lowest BCUT2D eigenvalue weighted by Crippen LogP contribution is -2.17. The molecule has 1 aromatic carbocycles. The molecule has 22 heavy (non-hydrogen) atoms. The number of benzene rings is 1. The summed E-state index contributed by atoms with van der Waals surface area (Å²) in [4.78, 5) is 10.5. The van der Waals surface area contributed by atoms with Gasteiger partial charge in [-0.05, 0) is 17.6 Å². The molecule has 1 heterocycles. The number of rotatable bonds is 5. The van der Waals surface area contributed by atoms with E-state index in [0.717, 1.165) is 5.57 Å². The molecule has 1 aromatic rings. The first-order valence-electron chi connectivity index (χ1n) is 6.56. The Bertz CT molecular complexity index is 584. The van der Waals surface area contributed by atoms with E-state index in [1.54, 1.807) is 12.1 Å². The van der Waals surface area contributed by atoms with Crippen LogP contribution in [0.25, 0.3) is 5.57 Å². The van der Waals surface area contributed by atoms with Gasteiger partial charge in [0.2, 0.25) is 0 Å². The molecule has 8 heteroatoms. The van der Waals surface area contributed by atoms with Crippen molar-refractivity contribution in [2.24, 2.45) is 0 Å². The standard InChI is InChI=1S/C14H14F3NO4/c15-14(16,17)9-22-8-12-11(10-4-6-21-7-5-10)2-1-3-13(12)18(19)20/h1-4H,5-9H2. The van der Waals surface area contributed by atoms with Crippen LogP contribution in [0.1, 0.15) is 17.5 Å². The Morgan fingerprint density at radius 3 is 2.73 bits per heavy atom. The lowest BCUT2D eigenvalue weighted by molar-refractivity contribution is -0.386. The summed E-state index contributed by atoms with van der Waals surface area (Å²) in [5.41, 5.74) is 1.28. The van der Waals surface area contributed by atoms with E-state index in [9.17, 15) is 23.3 Å². The van der Waals surface area contributed by atoms with Crippen LogP contribution in [0.2, 0.25) is 0 Å². The van der Waals surface area contributed by atoms with Gasteiger partial charge in [0.1, 0.15) is 6.61 Å². The number of nitrogens with zero attached hydrogens (tertiary/aromatic N) is 1. The van der Waals surface area contributed by atoms with E-state index in [1.807, 2.05) is 0 Å². The molecule has 0 amide bonds. The summed E-state index contributed by atoms with van der Waals surface area (Å²) in [5, 5.41) is 11.1. The monoisotopic (exact) mass is 317 g/mol. The summed E-state index contributed by atoms with van der Waals surface area (Å²) in [5.74, 6) is 0. The van der Waals surface area contributed by atoms with E-state index < -0.39 is 24.3 Å². The van der Waals surface area contributed by atoms with Gasteiger partial charge in [0.05, 0.1) is 30.3 Å². The molecule has 0 aliphatic carbocycles. The van der Waals surface area contributed by atoms with Crippen molar-refractivity contribution in [2.75, 3.05) is 19.8 Å². The summed E-state index contributed by atoms with van der Waals surface area (Å²) in [6, 6.07) is 4.42. The third-order valence-electron chi connectivity index (χ3n) is 3.17. The molecule has 0 aromatic heterocycles. The maximum atomic E-state index is 12.2. The van der Waals surface area contributed by atoms with Crippen LogP contribution in [0.3, 0.4) is 0 Å². The van der Waals surface area contributed by atoms with Gasteiger partial charge in [0, 0.05) is 6.07 Å². The van der Waals surface area contributed by atoms with Crippen LogP contribution in [0.15, 0.2) is 24.3 Å². The van der Waals surface area contributed by atoms with Crippen LogP contribution in [0.4, 0.5) is 18.9 Å². The second-order valence-electron chi connectivity index (χ2n) is 4.72. The average molecular weight is 317 g/mol. The van der Waals surface area contributed by atoms with Crippen LogP contribution in [0, 0.1) is 10.1 Å². The van der Waals surface area contributed by atoms with Gasteiger partial charge in [-0.1, -0.05) is 18.2 Å². The van der Waals surface area contributed by atoms with E-state index >= 15 is 0 Å². The maximum absolute atomic E-state index is 12.2. The minimum absolute atomic E-state index is 0.157. The molecule has 0 spiro atoms. The fourth-order valence-corrected chi connectivity index (χ4v) is 2.24. The molecule has 0 bridgehead atoms. The lowest BCUT2D eigenvalue weighted by atomic mass is 9.95. The van der Waals surface area contributed by atoms with Crippen LogP contribution in [-0.4, -0.2) is 30.9 Å². The van der Waals surface area contributed by atoms with Gasteiger partial charge in [0.25, 0.3) is 5.69 Å². The van der Waals surface area contributed by atoms with Crippen LogP contribution >= 0.6 is 0 Å². The zero-order chi connectivity index (χ0) is 16.2. The number of hydrogen-bond acceptors (Lipinski definition) is 4. The Labute approximate surface area is 124 Å². The topological polar surface area (TPSA) is 61.6 Å². The molecule has 2 rings (SSSR count). The fourth-order valence-electron chi connectivity index (χ4n) is 2.24. The highest BCUT2D eigenvalue weighted by Gasteiger charge is 2.28. The van der Waals surface area contributed by atoms with Crippen LogP contribution in [-0.2, 0) is 16.1 Å². The predicted molar refractivity (Wildman–Crippen MR) is 72.2 cm³/mol. The minimum atomic E-state index is -4.47.